The van der Waals surface area contributed by atoms with Crippen LogP contribution in [0.3, 0.4) is 0 Å². The maximum atomic E-state index is 13.2. The maximum Gasteiger partial charge on any atom is 0.305 e. The first-order valence-corrected chi connectivity index (χ1v) is 3.58. The summed E-state index contributed by atoms with van der Waals surface area (Å²) >= 11 is 0. The molecule has 0 fully saturated rings. The summed E-state index contributed by atoms with van der Waals surface area (Å²) in [5, 5.41) is 10.3. The highest BCUT2D eigenvalue weighted by molar-refractivity contribution is 5.81. The van der Waals surface area contributed by atoms with E-state index in [1.165, 1.54) is 13.2 Å². The smallest absolute Gasteiger partial charge is 0.305 e. The Labute approximate surface area is 78.3 Å². The van der Waals surface area contributed by atoms with Gasteiger partial charge in [0.15, 0.2) is 6.29 Å². The predicted octanol–water partition coefficient (Wildman–Crippen LogP) is 1.55. The highest BCUT2D eigenvalue weighted by atomic mass is 19.1. The fourth-order valence-corrected chi connectivity index (χ4v) is 0.993. The van der Waals surface area contributed by atoms with E-state index in [0.29, 0.717) is 0 Å². The van der Waals surface area contributed by atoms with E-state index in [2.05, 4.69) is 4.74 Å². The lowest BCUT2D eigenvalue weighted by Gasteiger charge is -2.03. The summed E-state index contributed by atoms with van der Waals surface area (Å²) in [6, 6.07) is 2.12. The molecule has 0 aliphatic carbocycles. The van der Waals surface area contributed by atoms with E-state index in [1.807, 2.05) is 0 Å². The zero-order valence-electron chi connectivity index (χ0n) is 7.19. The van der Waals surface area contributed by atoms with Crippen LogP contribution in [-0.2, 0) is 0 Å². The van der Waals surface area contributed by atoms with Gasteiger partial charge in [-0.2, -0.15) is 4.39 Å². The number of hydrogen-bond acceptors (Lipinski definition) is 4. The third-order valence-electron chi connectivity index (χ3n) is 1.65. The van der Waals surface area contributed by atoms with E-state index in [9.17, 15) is 19.3 Å². The Morgan fingerprint density at radius 3 is 2.64 bits per heavy atom. The van der Waals surface area contributed by atoms with Gasteiger partial charge in [0.25, 0.3) is 0 Å². The molecule has 0 heterocycles. The van der Waals surface area contributed by atoms with Crippen LogP contribution < -0.4 is 4.74 Å². The van der Waals surface area contributed by atoms with Crippen molar-refractivity contribution in [3.05, 3.63) is 33.6 Å². The zero-order valence-corrected chi connectivity index (χ0v) is 7.19. The molecule has 0 N–H and O–H groups in total. The van der Waals surface area contributed by atoms with Gasteiger partial charge in [0.2, 0.25) is 5.82 Å². The Bertz CT molecular complexity index is 391. The summed E-state index contributed by atoms with van der Waals surface area (Å²) in [7, 11) is 1.24. The fraction of sp³-hybridized carbons (Fsp3) is 0.125. The van der Waals surface area contributed by atoms with Crippen molar-refractivity contribution in [3.8, 4) is 5.75 Å². The van der Waals surface area contributed by atoms with Crippen molar-refractivity contribution in [2.24, 2.45) is 0 Å². The summed E-state index contributed by atoms with van der Waals surface area (Å²) in [5.41, 5.74) is -1.19. The summed E-state index contributed by atoms with van der Waals surface area (Å²) in [4.78, 5) is 19.8. The minimum absolute atomic E-state index is 0.0249. The molecule has 0 spiro atoms. The summed E-state index contributed by atoms with van der Waals surface area (Å²) < 4.78 is 17.9. The minimum Gasteiger partial charge on any atom is -0.496 e. The quantitative estimate of drug-likeness (QED) is 0.420. The number of methoxy groups -OCH3 is 1. The fourth-order valence-electron chi connectivity index (χ4n) is 0.993. The molecule has 5 nitrogen and oxygen atoms in total. The van der Waals surface area contributed by atoms with Crippen LogP contribution in [0.25, 0.3) is 0 Å². The molecule has 0 aliphatic heterocycles. The molecular formula is C8H6FNO4. The molecule has 0 saturated carbocycles. The van der Waals surface area contributed by atoms with E-state index in [4.69, 9.17) is 0 Å². The third-order valence-corrected chi connectivity index (χ3v) is 1.65. The second-order valence-corrected chi connectivity index (χ2v) is 2.39. The van der Waals surface area contributed by atoms with Crippen LogP contribution in [0.4, 0.5) is 10.1 Å². The van der Waals surface area contributed by atoms with Gasteiger partial charge in [0, 0.05) is 6.07 Å². The van der Waals surface area contributed by atoms with Gasteiger partial charge in [-0.1, -0.05) is 0 Å². The number of nitro groups is 1. The maximum absolute atomic E-state index is 13.2. The Morgan fingerprint density at radius 1 is 1.57 bits per heavy atom. The van der Waals surface area contributed by atoms with Crippen LogP contribution in [0, 0.1) is 15.9 Å². The number of nitrogens with zero attached hydrogens (tertiary/aromatic N) is 1. The molecule has 0 unspecified atom stereocenters. The lowest BCUT2D eigenvalue weighted by molar-refractivity contribution is -0.387. The van der Waals surface area contributed by atoms with Crippen molar-refractivity contribution in [1.29, 1.82) is 0 Å². The first-order valence-electron chi connectivity index (χ1n) is 3.58. The monoisotopic (exact) mass is 199 g/mol. The lowest BCUT2D eigenvalue weighted by atomic mass is 10.2. The number of ether oxygens (including phenoxy) is 1. The Morgan fingerprint density at radius 2 is 2.21 bits per heavy atom. The molecule has 74 valence electrons. The SMILES string of the molecule is COc1ccc([N+](=O)[O-])c(F)c1C=O. The minimum atomic E-state index is -1.18. The van der Waals surface area contributed by atoms with Crippen LogP contribution in [0.2, 0.25) is 0 Å². The normalized spacial score (nSPS) is 9.57. The largest absolute Gasteiger partial charge is 0.496 e. The molecule has 0 bridgehead atoms. The second kappa shape index (κ2) is 3.82. The topological polar surface area (TPSA) is 69.4 Å². The van der Waals surface area contributed by atoms with Gasteiger partial charge >= 0.3 is 5.69 Å². The van der Waals surface area contributed by atoms with Crippen molar-refractivity contribution in [2.75, 3.05) is 7.11 Å². The number of rotatable bonds is 3. The summed E-state index contributed by atoms with van der Waals surface area (Å²) in [5.74, 6) is -1.20. The average molecular weight is 199 g/mol. The number of halogens is 1. The Hall–Kier alpha value is -1.98. The number of carbonyl (C=O) groups excluding carboxylic acids is 1. The van der Waals surface area contributed by atoms with Crippen LogP contribution >= 0.6 is 0 Å². The Kier molecular flexibility index (Phi) is 2.76. The zero-order chi connectivity index (χ0) is 10.7. The van der Waals surface area contributed by atoms with E-state index < -0.39 is 22.0 Å². The van der Waals surface area contributed by atoms with Crippen LogP contribution in [0.15, 0.2) is 12.1 Å². The number of nitro benzene ring substituents is 1. The molecular weight excluding hydrogens is 193 g/mol. The molecule has 0 aromatic heterocycles. The summed E-state index contributed by atoms with van der Waals surface area (Å²) in [6.07, 6.45) is 0.182. The molecule has 1 rings (SSSR count). The third kappa shape index (κ3) is 1.54. The number of benzene rings is 1. The van der Waals surface area contributed by atoms with Crippen LogP contribution in [0.1, 0.15) is 10.4 Å². The highest BCUT2D eigenvalue weighted by Gasteiger charge is 2.20. The Balaban J connectivity index is 3.42. The summed E-state index contributed by atoms with van der Waals surface area (Å²) in [6.45, 7) is 0. The van der Waals surface area contributed by atoms with E-state index in [0.717, 1.165) is 6.07 Å². The van der Waals surface area contributed by atoms with Gasteiger partial charge in [-0.3, -0.25) is 14.9 Å². The van der Waals surface area contributed by atoms with Crippen LogP contribution in [0.5, 0.6) is 5.75 Å². The molecule has 0 atom stereocenters. The van der Waals surface area contributed by atoms with Gasteiger partial charge in [-0.05, 0) is 6.07 Å². The van der Waals surface area contributed by atoms with E-state index >= 15 is 0 Å². The standard InChI is InChI=1S/C8H6FNO4/c1-14-7-3-2-6(10(12)13)8(9)5(7)4-11/h2-4H,1H3. The first kappa shape index (κ1) is 10.1. The van der Waals surface area contributed by atoms with Gasteiger partial charge in [0.05, 0.1) is 17.6 Å². The molecule has 0 radical (unpaired) electrons. The van der Waals surface area contributed by atoms with Gasteiger partial charge in [0.1, 0.15) is 5.75 Å². The van der Waals surface area contributed by atoms with Gasteiger partial charge < -0.3 is 4.74 Å². The molecule has 14 heavy (non-hydrogen) atoms. The molecule has 0 amide bonds. The lowest BCUT2D eigenvalue weighted by Crippen LogP contribution is -1.99. The van der Waals surface area contributed by atoms with Crippen molar-refractivity contribution in [2.45, 2.75) is 0 Å². The molecule has 0 aliphatic rings. The van der Waals surface area contributed by atoms with Crippen molar-refractivity contribution in [1.82, 2.24) is 0 Å². The molecule has 0 saturated heterocycles. The molecule has 6 heteroatoms. The van der Waals surface area contributed by atoms with Crippen molar-refractivity contribution in [3.63, 3.8) is 0 Å². The number of aldehydes is 1. The average Bonchev–Trinajstić information content (AvgIpc) is 2.16. The second-order valence-electron chi connectivity index (χ2n) is 2.39. The highest BCUT2D eigenvalue weighted by Crippen LogP contribution is 2.26. The predicted molar refractivity (Wildman–Crippen MR) is 45.0 cm³/mol. The van der Waals surface area contributed by atoms with Gasteiger partial charge in [-0.25, -0.2) is 0 Å². The van der Waals surface area contributed by atoms with Crippen molar-refractivity contribution < 1.29 is 18.8 Å². The number of hydrogen-bond donors (Lipinski definition) is 0. The number of carbonyl (C=O) groups is 1. The van der Waals surface area contributed by atoms with E-state index in [-0.39, 0.29) is 12.0 Å². The first-order chi connectivity index (χ1) is 6.61. The molecule has 1 aromatic carbocycles. The van der Waals surface area contributed by atoms with Crippen LogP contribution in [-0.4, -0.2) is 18.3 Å². The van der Waals surface area contributed by atoms with Gasteiger partial charge in [-0.15, -0.1) is 0 Å². The van der Waals surface area contributed by atoms with Crippen molar-refractivity contribution >= 4 is 12.0 Å². The molecule has 1 aromatic rings. The van der Waals surface area contributed by atoms with E-state index in [1.54, 1.807) is 0 Å².